The molecule has 0 bridgehead atoms. The molecule has 0 saturated carbocycles. The number of nitrogens with zero attached hydrogens (tertiary/aromatic N) is 2. The van der Waals surface area contributed by atoms with Gasteiger partial charge in [0, 0.05) is 21.4 Å². The first-order valence-corrected chi connectivity index (χ1v) is 11.6. The number of hydrogen-bond acceptors (Lipinski definition) is 5. The van der Waals surface area contributed by atoms with Crippen LogP contribution in [-0.4, -0.2) is 25.8 Å². The molecular formula is C21H18IN3O5S. The molecule has 0 aliphatic heterocycles. The van der Waals surface area contributed by atoms with Gasteiger partial charge >= 0.3 is 0 Å². The second kappa shape index (κ2) is 9.43. The van der Waals surface area contributed by atoms with Crippen LogP contribution in [0, 0.1) is 20.6 Å². The normalized spacial score (nSPS) is 11.0. The predicted molar refractivity (Wildman–Crippen MR) is 127 cm³/mol. The number of carbonyl (C=O) groups excluding carboxylic acids is 1. The van der Waals surface area contributed by atoms with Gasteiger partial charge in [-0.05, 0) is 71.5 Å². The van der Waals surface area contributed by atoms with Gasteiger partial charge in [0.1, 0.15) is 6.54 Å². The van der Waals surface area contributed by atoms with Gasteiger partial charge in [-0.25, -0.2) is 8.42 Å². The number of aryl methyl sites for hydroxylation is 1. The van der Waals surface area contributed by atoms with Gasteiger partial charge in [-0.1, -0.05) is 24.3 Å². The van der Waals surface area contributed by atoms with Crippen molar-refractivity contribution in [2.45, 2.75) is 11.8 Å². The largest absolute Gasteiger partial charge is 0.324 e. The second-order valence-electron chi connectivity index (χ2n) is 6.61. The highest BCUT2D eigenvalue weighted by Gasteiger charge is 2.28. The molecule has 3 rings (SSSR count). The van der Waals surface area contributed by atoms with E-state index in [4.69, 9.17) is 0 Å². The SMILES string of the molecule is Cc1cc(I)ccc1NC(=O)CN(c1cccc([N+](=O)[O-])c1)S(=O)(=O)c1ccccc1. The Labute approximate surface area is 193 Å². The summed E-state index contributed by atoms with van der Waals surface area (Å²) in [5.74, 6) is -0.574. The van der Waals surface area contributed by atoms with Crippen LogP contribution in [0.1, 0.15) is 5.56 Å². The number of rotatable bonds is 7. The number of halogens is 1. The van der Waals surface area contributed by atoms with Crippen molar-refractivity contribution in [2.24, 2.45) is 0 Å². The van der Waals surface area contributed by atoms with Crippen LogP contribution in [-0.2, 0) is 14.8 Å². The average Bonchev–Trinajstić information content (AvgIpc) is 2.74. The van der Waals surface area contributed by atoms with Crippen LogP contribution in [0.5, 0.6) is 0 Å². The molecule has 31 heavy (non-hydrogen) atoms. The number of carbonyl (C=O) groups is 1. The summed E-state index contributed by atoms with van der Waals surface area (Å²) in [5.41, 5.74) is 1.13. The van der Waals surface area contributed by atoms with Crippen molar-refractivity contribution in [1.29, 1.82) is 0 Å². The number of nitrogens with one attached hydrogen (secondary N) is 1. The molecule has 0 heterocycles. The zero-order valence-corrected chi connectivity index (χ0v) is 19.3. The first-order valence-electron chi connectivity index (χ1n) is 9.07. The van der Waals surface area contributed by atoms with E-state index in [-0.39, 0.29) is 16.3 Å². The molecule has 0 aliphatic carbocycles. The van der Waals surface area contributed by atoms with Crippen LogP contribution >= 0.6 is 22.6 Å². The molecule has 0 saturated heterocycles. The Morgan fingerprint density at radius 3 is 2.42 bits per heavy atom. The third-order valence-electron chi connectivity index (χ3n) is 4.41. The van der Waals surface area contributed by atoms with E-state index in [0.717, 1.165) is 19.5 Å². The number of sulfonamides is 1. The lowest BCUT2D eigenvalue weighted by atomic mass is 10.2. The molecular weight excluding hydrogens is 533 g/mol. The van der Waals surface area contributed by atoms with E-state index in [1.807, 2.05) is 19.1 Å². The molecule has 0 aromatic heterocycles. The van der Waals surface area contributed by atoms with Gasteiger partial charge in [0.05, 0.1) is 15.5 Å². The minimum atomic E-state index is -4.15. The summed E-state index contributed by atoms with van der Waals surface area (Å²) in [7, 11) is -4.15. The maximum absolute atomic E-state index is 13.3. The van der Waals surface area contributed by atoms with Crippen LogP contribution in [0.4, 0.5) is 17.1 Å². The number of nitro benzene ring substituents is 1. The minimum Gasteiger partial charge on any atom is -0.324 e. The van der Waals surface area contributed by atoms with E-state index >= 15 is 0 Å². The standard InChI is InChI=1S/C21H18IN3O5S/c1-15-12-16(22)10-11-20(15)23-21(26)14-24(17-6-5-7-18(13-17)25(27)28)31(29,30)19-8-3-2-4-9-19/h2-13H,14H2,1H3,(H,23,26). The molecule has 1 amide bonds. The summed E-state index contributed by atoms with van der Waals surface area (Å²) in [6, 6.07) is 18.2. The maximum Gasteiger partial charge on any atom is 0.271 e. The molecule has 0 aliphatic rings. The highest BCUT2D eigenvalue weighted by atomic mass is 127. The smallest absolute Gasteiger partial charge is 0.271 e. The summed E-state index contributed by atoms with van der Waals surface area (Å²) in [6.45, 7) is 1.28. The van der Waals surface area contributed by atoms with Crippen molar-refractivity contribution in [3.05, 3.63) is 92.0 Å². The van der Waals surface area contributed by atoms with Crippen molar-refractivity contribution in [3.8, 4) is 0 Å². The number of nitro groups is 1. The highest BCUT2D eigenvalue weighted by molar-refractivity contribution is 14.1. The van der Waals surface area contributed by atoms with Gasteiger partial charge in [-0.15, -0.1) is 0 Å². The van der Waals surface area contributed by atoms with E-state index in [9.17, 15) is 23.3 Å². The monoisotopic (exact) mass is 551 g/mol. The first kappa shape index (κ1) is 22.7. The first-order chi connectivity index (χ1) is 14.7. The zero-order valence-electron chi connectivity index (χ0n) is 16.4. The van der Waals surface area contributed by atoms with Gasteiger partial charge in [0.2, 0.25) is 5.91 Å². The van der Waals surface area contributed by atoms with Gasteiger partial charge in [0.15, 0.2) is 0 Å². The number of non-ortho nitro benzene ring substituents is 1. The van der Waals surface area contributed by atoms with E-state index in [2.05, 4.69) is 27.9 Å². The molecule has 0 radical (unpaired) electrons. The van der Waals surface area contributed by atoms with Gasteiger partial charge in [0.25, 0.3) is 15.7 Å². The lowest BCUT2D eigenvalue weighted by Crippen LogP contribution is -2.38. The van der Waals surface area contributed by atoms with Crippen LogP contribution < -0.4 is 9.62 Å². The van der Waals surface area contributed by atoms with Crippen LogP contribution in [0.2, 0.25) is 0 Å². The average molecular weight is 551 g/mol. The Bertz CT molecular complexity index is 1230. The van der Waals surface area contributed by atoms with Gasteiger partial charge in [-0.2, -0.15) is 0 Å². The summed E-state index contributed by atoms with van der Waals surface area (Å²) in [5, 5.41) is 13.9. The third kappa shape index (κ3) is 5.39. The van der Waals surface area contributed by atoms with Crippen molar-refractivity contribution in [2.75, 3.05) is 16.2 Å². The molecule has 8 nitrogen and oxygen atoms in total. The van der Waals surface area contributed by atoms with E-state index in [1.54, 1.807) is 24.3 Å². The molecule has 3 aromatic carbocycles. The van der Waals surface area contributed by atoms with E-state index in [0.29, 0.717) is 5.69 Å². The Morgan fingerprint density at radius 1 is 1.06 bits per heavy atom. The van der Waals surface area contributed by atoms with Crippen LogP contribution in [0.3, 0.4) is 0 Å². The topological polar surface area (TPSA) is 110 Å². The molecule has 10 heteroatoms. The molecule has 3 aromatic rings. The fourth-order valence-electron chi connectivity index (χ4n) is 2.88. The molecule has 1 N–H and O–H groups in total. The molecule has 0 unspecified atom stereocenters. The fraction of sp³-hybridized carbons (Fsp3) is 0.0952. The van der Waals surface area contributed by atoms with E-state index in [1.165, 1.54) is 30.3 Å². The van der Waals surface area contributed by atoms with Gasteiger partial charge < -0.3 is 5.32 Å². The number of amides is 1. The minimum absolute atomic E-state index is 0.0209. The lowest BCUT2D eigenvalue weighted by Gasteiger charge is -2.24. The van der Waals surface area contributed by atoms with Crippen molar-refractivity contribution in [3.63, 3.8) is 0 Å². The van der Waals surface area contributed by atoms with Crippen molar-refractivity contribution >= 4 is 55.6 Å². The number of anilines is 2. The highest BCUT2D eigenvalue weighted by Crippen LogP contribution is 2.27. The quantitative estimate of drug-likeness (QED) is 0.267. The summed E-state index contributed by atoms with van der Waals surface area (Å²) in [6.07, 6.45) is 0. The zero-order chi connectivity index (χ0) is 22.6. The second-order valence-corrected chi connectivity index (χ2v) is 9.72. The maximum atomic E-state index is 13.3. The number of benzene rings is 3. The van der Waals surface area contributed by atoms with Crippen LogP contribution in [0.25, 0.3) is 0 Å². The van der Waals surface area contributed by atoms with Crippen LogP contribution in [0.15, 0.2) is 77.7 Å². The molecule has 0 fully saturated rings. The van der Waals surface area contributed by atoms with Crippen molar-refractivity contribution < 1.29 is 18.1 Å². The number of hydrogen-bond donors (Lipinski definition) is 1. The third-order valence-corrected chi connectivity index (χ3v) is 6.87. The molecule has 0 atom stereocenters. The Balaban J connectivity index is 1.99. The summed E-state index contributed by atoms with van der Waals surface area (Å²) < 4.78 is 28.4. The van der Waals surface area contributed by atoms with E-state index < -0.39 is 27.4 Å². The summed E-state index contributed by atoms with van der Waals surface area (Å²) in [4.78, 5) is 23.3. The predicted octanol–water partition coefficient (Wildman–Crippen LogP) is 4.34. The Morgan fingerprint density at radius 2 is 1.77 bits per heavy atom. The van der Waals surface area contributed by atoms with Gasteiger partial charge in [-0.3, -0.25) is 19.2 Å². The molecule has 160 valence electrons. The Hall–Kier alpha value is -2.99. The van der Waals surface area contributed by atoms with Crippen molar-refractivity contribution in [1.82, 2.24) is 0 Å². The molecule has 0 spiro atoms. The lowest BCUT2D eigenvalue weighted by molar-refractivity contribution is -0.384. The summed E-state index contributed by atoms with van der Waals surface area (Å²) >= 11 is 2.15. The Kier molecular flexibility index (Phi) is 6.91. The fourth-order valence-corrected chi connectivity index (χ4v) is 4.96.